The van der Waals surface area contributed by atoms with Crippen molar-refractivity contribution in [2.45, 2.75) is 39.2 Å². The minimum absolute atomic E-state index is 0.0768. The van der Waals surface area contributed by atoms with Crippen LogP contribution in [0, 0.1) is 19.3 Å². The van der Waals surface area contributed by atoms with Gasteiger partial charge in [-0.1, -0.05) is 23.8 Å². The van der Waals surface area contributed by atoms with Gasteiger partial charge in [0.15, 0.2) is 5.41 Å². The van der Waals surface area contributed by atoms with Gasteiger partial charge in [-0.05, 0) is 74.1 Å². The number of amides is 8. The second kappa shape index (κ2) is 9.12. The summed E-state index contributed by atoms with van der Waals surface area (Å²) < 4.78 is 0. The molecule has 11 heteroatoms. The summed E-state index contributed by atoms with van der Waals surface area (Å²) in [7, 11) is 2.78. The van der Waals surface area contributed by atoms with E-state index in [1.54, 1.807) is 31.2 Å². The van der Waals surface area contributed by atoms with Crippen molar-refractivity contribution in [3.8, 4) is 0 Å². The third kappa shape index (κ3) is 3.71. The van der Waals surface area contributed by atoms with Crippen LogP contribution in [0.25, 0.3) is 6.08 Å². The summed E-state index contributed by atoms with van der Waals surface area (Å²) in [5.41, 5.74) is 2.43. The number of carbonyl (C=O) groups excluding carboxylic acids is 6. The first-order valence-corrected chi connectivity index (χ1v) is 13.4. The highest BCUT2D eigenvalue weighted by Crippen LogP contribution is 2.49. The molecule has 0 unspecified atom stereocenters. The Bertz CT molecular complexity index is 1600. The number of urea groups is 2. The van der Waals surface area contributed by atoms with E-state index in [-0.39, 0.29) is 18.0 Å². The molecule has 210 valence electrons. The molecule has 0 aromatic heterocycles. The Hall–Kier alpha value is -4.80. The Kier molecular flexibility index (Phi) is 5.88. The van der Waals surface area contributed by atoms with Crippen LogP contribution in [0.3, 0.4) is 0 Å². The van der Waals surface area contributed by atoms with E-state index < -0.39 is 41.1 Å². The maximum absolute atomic E-state index is 13.6. The zero-order valence-corrected chi connectivity index (χ0v) is 23.2. The van der Waals surface area contributed by atoms with Gasteiger partial charge in [0, 0.05) is 26.3 Å². The fourth-order valence-electron chi connectivity index (χ4n) is 6.73. The van der Waals surface area contributed by atoms with Crippen molar-refractivity contribution in [1.82, 2.24) is 15.1 Å². The minimum Gasteiger partial charge on any atom is -0.367 e. The van der Waals surface area contributed by atoms with Gasteiger partial charge in [0.05, 0.1) is 11.7 Å². The Labute approximate surface area is 236 Å². The van der Waals surface area contributed by atoms with Gasteiger partial charge in [0.2, 0.25) is 11.8 Å². The second-order valence-corrected chi connectivity index (χ2v) is 11.1. The number of aryl methyl sites for hydroxylation is 2. The van der Waals surface area contributed by atoms with Gasteiger partial charge >= 0.3 is 12.1 Å². The van der Waals surface area contributed by atoms with Crippen LogP contribution in [0.2, 0.25) is 0 Å². The summed E-state index contributed by atoms with van der Waals surface area (Å²) in [6.45, 7) is 4.33. The number of rotatable bonds is 2. The number of benzene rings is 2. The number of hydrogen-bond acceptors (Lipinski definition) is 7. The van der Waals surface area contributed by atoms with E-state index in [4.69, 9.17) is 0 Å². The number of carbonyl (C=O) groups is 6. The van der Waals surface area contributed by atoms with Crippen LogP contribution >= 0.6 is 0 Å². The average Bonchev–Trinajstić information content (AvgIpc) is 3.44. The molecule has 6 rings (SSSR count). The molecular weight excluding hydrogens is 526 g/mol. The van der Waals surface area contributed by atoms with Crippen LogP contribution in [0.5, 0.6) is 0 Å². The molecule has 0 saturated carbocycles. The van der Waals surface area contributed by atoms with Crippen molar-refractivity contribution in [2.75, 3.05) is 30.4 Å². The lowest BCUT2D eigenvalue weighted by Gasteiger charge is -2.50. The highest BCUT2D eigenvalue weighted by Gasteiger charge is 2.63. The number of hydrogen-bond donors (Lipinski definition) is 1. The zero-order valence-electron chi connectivity index (χ0n) is 23.2. The minimum atomic E-state index is -1.46. The molecule has 4 aliphatic heterocycles. The molecule has 1 spiro atoms. The fourth-order valence-corrected chi connectivity index (χ4v) is 6.73. The highest BCUT2D eigenvalue weighted by atomic mass is 16.2. The van der Waals surface area contributed by atoms with Crippen LogP contribution < -0.4 is 15.1 Å². The first-order valence-electron chi connectivity index (χ1n) is 13.4. The summed E-state index contributed by atoms with van der Waals surface area (Å²) in [6.07, 6.45) is 2.91. The molecular formula is C30H29N5O6. The molecule has 11 nitrogen and oxygen atoms in total. The van der Waals surface area contributed by atoms with Gasteiger partial charge in [0.25, 0.3) is 11.8 Å². The lowest BCUT2D eigenvalue weighted by atomic mass is 9.68. The summed E-state index contributed by atoms with van der Waals surface area (Å²) in [6, 6.07) is 8.80. The zero-order chi connectivity index (χ0) is 29.4. The van der Waals surface area contributed by atoms with Gasteiger partial charge < -0.3 is 4.90 Å². The van der Waals surface area contributed by atoms with Crippen LogP contribution in [-0.2, 0) is 25.6 Å². The van der Waals surface area contributed by atoms with Crippen molar-refractivity contribution in [3.63, 3.8) is 0 Å². The summed E-state index contributed by atoms with van der Waals surface area (Å²) in [5.74, 6) is -2.61. The third-order valence-corrected chi connectivity index (χ3v) is 8.66. The fraction of sp³-hybridized carbons (Fsp3) is 0.333. The topological polar surface area (TPSA) is 127 Å². The summed E-state index contributed by atoms with van der Waals surface area (Å²) in [4.78, 5) is 83.9. The number of nitrogens with one attached hydrogen (secondary N) is 1. The van der Waals surface area contributed by atoms with Crippen molar-refractivity contribution in [2.24, 2.45) is 5.41 Å². The lowest BCUT2D eigenvalue weighted by molar-refractivity contribution is -0.159. The monoisotopic (exact) mass is 555 g/mol. The maximum Gasteiger partial charge on any atom is 0.335 e. The van der Waals surface area contributed by atoms with Crippen LogP contribution in [0.4, 0.5) is 21.0 Å². The third-order valence-electron chi connectivity index (χ3n) is 8.66. The molecule has 8 amide bonds. The first-order chi connectivity index (χ1) is 19.5. The number of anilines is 2. The molecule has 0 radical (unpaired) electrons. The van der Waals surface area contributed by atoms with E-state index in [0.29, 0.717) is 35.3 Å². The smallest absolute Gasteiger partial charge is 0.335 e. The number of fused-ring (bicyclic) bond motifs is 4. The molecule has 4 heterocycles. The van der Waals surface area contributed by atoms with Crippen molar-refractivity contribution < 1.29 is 28.8 Å². The van der Waals surface area contributed by atoms with Crippen LogP contribution in [-0.4, -0.2) is 72.2 Å². The van der Waals surface area contributed by atoms with Gasteiger partial charge in [-0.15, -0.1) is 0 Å². The van der Waals surface area contributed by atoms with E-state index in [1.165, 1.54) is 20.2 Å². The van der Waals surface area contributed by atoms with Crippen LogP contribution in [0.1, 0.15) is 35.1 Å². The first kappa shape index (κ1) is 26.4. The van der Waals surface area contributed by atoms with Gasteiger partial charge in [-0.25, -0.2) is 14.5 Å². The number of barbiturate groups is 2. The normalized spacial score (nSPS) is 23.0. The second-order valence-electron chi connectivity index (χ2n) is 11.1. The molecule has 0 bridgehead atoms. The number of nitrogens with zero attached hydrogens (tertiary/aromatic N) is 4. The van der Waals surface area contributed by atoms with E-state index in [2.05, 4.69) is 10.2 Å². The van der Waals surface area contributed by atoms with Gasteiger partial charge in [-0.3, -0.25) is 34.3 Å². The van der Waals surface area contributed by atoms with E-state index in [0.717, 1.165) is 32.4 Å². The Morgan fingerprint density at radius 2 is 1.59 bits per heavy atom. The van der Waals surface area contributed by atoms with E-state index in [1.807, 2.05) is 19.1 Å². The Balaban J connectivity index is 1.41. The number of imide groups is 4. The molecule has 2 aromatic rings. The van der Waals surface area contributed by atoms with Gasteiger partial charge in [0.1, 0.15) is 5.57 Å². The van der Waals surface area contributed by atoms with Crippen molar-refractivity contribution >= 4 is 53.1 Å². The van der Waals surface area contributed by atoms with Gasteiger partial charge in [-0.2, -0.15) is 0 Å². The van der Waals surface area contributed by atoms with Crippen molar-refractivity contribution in [3.05, 3.63) is 64.2 Å². The molecule has 2 aromatic carbocycles. The average molecular weight is 556 g/mol. The standard InChI is InChI=1S/C30H29N5O6/c1-16-7-9-21(17(2)12-16)35-25(37)20(24(36)31-28(35)40)14-18-8-10-22-19(13-18)15-30(23-6-5-11-34(22)23)26(38)32(3)29(41)33(4)27(30)39/h7-10,12-14,23H,5-6,11,15H2,1-4H3,(H,31,36,40)/b20-14+/t23-/m1/s1. The predicted molar refractivity (Wildman–Crippen MR) is 149 cm³/mol. The molecule has 41 heavy (non-hydrogen) atoms. The van der Waals surface area contributed by atoms with E-state index >= 15 is 0 Å². The molecule has 1 N–H and O–H groups in total. The largest absolute Gasteiger partial charge is 0.367 e. The highest BCUT2D eigenvalue weighted by molar-refractivity contribution is 6.39. The quantitative estimate of drug-likeness (QED) is 0.343. The molecule has 1 atom stereocenters. The Morgan fingerprint density at radius 1 is 0.902 bits per heavy atom. The maximum atomic E-state index is 13.6. The van der Waals surface area contributed by atoms with Crippen molar-refractivity contribution in [1.29, 1.82) is 0 Å². The van der Waals surface area contributed by atoms with E-state index in [9.17, 15) is 28.8 Å². The molecule has 0 aliphatic carbocycles. The predicted octanol–water partition coefficient (Wildman–Crippen LogP) is 2.53. The summed E-state index contributed by atoms with van der Waals surface area (Å²) >= 11 is 0. The molecule has 3 fully saturated rings. The SMILES string of the molecule is Cc1ccc(N2C(=O)NC(=O)/C(=C\c3ccc4c(c3)CC3(C(=O)N(C)C(=O)N(C)C3=O)[C@H]3CCCN43)C2=O)c(C)c1. The van der Waals surface area contributed by atoms with Crippen LogP contribution in [0.15, 0.2) is 42.0 Å². The molecule has 4 aliphatic rings. The molecule has 3 saturated heterocycles. The Morgan fingerprint density at radius 3 is 2.27 bits per heavy atom. The lowest BCUT2D eigenvalue weighted by Crippen LogP contribution is -2.70. The summed E-state index contributed by atoms with van der Waals surface area (Å²) in [5, 5.41) is 2.25.